The molecule has 1 heterocycles. The first kappa shape index (κ1) is 15.3. The van der Waals surface area contributed by atoms with Crippen molar-refractivity contribution in [2.45, 2.75) is 59.2 Å². The van der Waals surface area contributed by atoms with Crippen LogP contribution < -0.4 is 0 Å². The van der Waals surface area contributed by atoms with Crippen molar-refractivity contribution < 1.29 is 14.3 Å². The van der Waals surface area contributed by atoms with Crippen LogP contribution in [0.4, 0.5) is 4.79 Å². The Morgan fingerprint density at radius 2 is 2.00 bits per heavy atom. The highest BCUT2D eigenvalue weighted by atomic mass is 16.6. The standard InChI is InChI=1S/C14H27NO3/c1-11(2)9-17-14(6)7-8-15(10-14)12(16)18-13(3,4)5/h11H,7-10H2,1-6H3. The smallest absolute Gasteiger partial charge is 0.410 e. The van der Waals surface area contributed by atoms with Crippen molar-refractivity contribution in [3.8, 4) is 0 Å². The third kappa shape index (κ3) is 4.84. The topological polar surface area (TPSA) is 38.8 Å². The Bertz CT molecular complexity index is 296. The Morgan fingerprint density at radius 1 is 1.39 bits per heavy atom. The van der Waals surface area contributed by atoms with Crippen molar-refractivity contribution in [1.29, 1.82) is 0 Å². The van der Waals surface area contributed by atoms with E-state index in [9.17, 15) is 4.79 Å². The second-order valence-corrected chi connectivity index (χ2v) is 6.81. The molecule has 0 aliphatic carbocycles. The van der Waals surface area contributed by atoms with Gasteiger partial charge in [0.25, 0.3) is 0 Å². The highest BCUT2D eigenvalue weighted by Gasteiger charge is 2.38. The highest BCUT2D eigenvalue weighted by Crippen LogP contribution is 2.26. The average molecular weight is 257 g/mol. The molecule has 1 atom stereocenters. The number of carbonyl (C=O) groups excluding carboxylic acids is 1. The summed E-state index contributed by atoms with van der Waals surface area (Å²) in [4.78, 5) is 13.7. The van der Waals surface area contributed by atoms with Gasteiger partial charge >= 0.3 is 6.09 Å². The fourth-order valence-electron chi connectivity index (χ4n) is 1.90. The summed E-state index contributed by atoms with van der Waals surface area (Å²) in [6.07, 6.45) is 0.637. The molecule has 0 radical (unpaired) electrons. The minimum Gasteiger partial charge on any atom is -0.444 e. The van der Waals surface area contributed by atoms with Crippen molar-refractivity contribution in [3.05, 3.63) is 0 Å². The first-order valence-corrected chi connectivity index (χ1v) is 6.73. The zero-order valence-corrected chi connectivity index (χ0v) is 12.6. The van der Waals surface area contributed by atoms with Crippen molar-refractivity contribution >= 4 is 6.09 Å². The van der Waals surface area contributed by atoms with Crippen LogP contribution in [0.25, 0.3) is 0 Å². The van der Waals surface area contributed by atoms with Gasteiger partial charge in [0, 0.05) is 13.2 Å². The molecule has 0 saturated carbocycles. The van der Waals surface area contributed by atoms with Crippen molar-refractivity contribution in [2.75, 3.05) is 19.7 Å². The molecule has 1 unspecified atom stereocenters. The van der Waals surface area contributed by atoms with Gasteiger partial charge in [-0.25, -0.2) is 4.79 Å². The Kier molecular flexibility index (Phi) is 4.65. The summed E-state index contributed by atoms with van der Waals surface area (Å²) in [5, 5.41) is 0. The fraction of sp³-hybridized carbons (Fsp3) is 0.929. The van der Waals surface area contributed by atoms with Gasteiger partial charge in [-0.3, -0.25) is 0 Å². The first-order chi connectivity index (χ1) is 8.11. The quantitative estimate of drug-likeness (QED) is 0.780. The van der Waals surface area contributed by atoms with E-state index in [-0.39, 0.29) is 11.7 Å². The molecule has 1 aliphatic rings. The van der Waals surface area contributed by atoms with Gasteiger partial charge in [0.15, 0.2) is 0 Å². The van der Waals surface area contributed by atoms with Crippen LogP contribution in [0.5, 0.6) is 0 Å². The zero-order valence-electron chi connectivity index (χ0n) is 12.6. The van der Waals surface area contributed by atoms with Gasteiger partial charge < -0.3 is 14.4 Å². The predicted molar refractivity (Wildman–Crippen MR) is 71.6 cm³/mol. The summed E-state index contributed by atoms with van der Waals surface area (Å²) >= 11 is 0. The lowest BCUT2D eigenvalue weighted by Gasteiger charge is -2.28. The fourth-order valence-corrected chi connectivity index (χ4v) is 1.90. The van der Waals surface area contributed by atoms with Gasteiger partial charge in [-0.15, -0.1) is 0 Å². The second-order valence-electron chi connectivity index (χ2n) is 6.81. The molecule has 1 saturated heterocycles. The molecular formula is C14H27NO3. The first-order valence-electron chi connectivity index (χ1n) is 6.73. The third-order valence-electron chi connectivity index (χ3n) is 2.85. The summed E-state index contributed by atoms with van der Waals surface area (Å²) in [6.45, 7) is 14.0. The van der Waals surface area contributed by atoms with E-state index in [1.165, 1.54) is 0 Å². The number of rotatable bonds is 3. The number of ether oxygens (including phenoxy) is 2. The molecule has 1 fully saturated rings. The van der Waals surface area contributed by atoms with Crippen molar-refractivity contribution in [2.24, 2.45) is 5.92 Å². The highest BCUT2D eigenvalue weighted by molar-refractivity contribution is 5.68. The molecule has 1 rings (SSSR count). The molecule has 0 aromatic rings. The number of carbonyl (C=O) groups is 1. The molecule has 0 spiro atoms. The maximum absolute atomic E-state index is 11.9. The van der Waals surface area contributed by atoms with Crippen LogP contribution in [0.1, 0.15) is 48.0 Å². The summed E-state index contributed by atoms with van der Waals surface area (Å²) in [5.41, 5.74) is -0.657. The van der Waals surface area contributed by atoms with Gasteiger partial charge in [0.2, 0.25) is 0 Å². The predicted octanol–water partition coefficient (Wildman–Crippen LogP) is 3.06. The van der Waals surface area contributed by atoms with Crippen LogP contribution in [0, 0.1) is 5.92 Å². The largest absolute Gasteiger partial charge is 0.444 e. The lowest BCUT2D eigenvalue weighted by Crippen LogP contribution is -2.39. The van der Waals surface area contributed by atoms with Crippen LogP contribution in [-0.4, -0.2) is 41.9 Å². The van der Waals surface area contributed by atoms with E-state index in [4.69, 9.17) is 9.47 Å². The maximum Gasteiger partial charge on any atom is 0.410 e. The lowest BCUT2D eigenvalue weighted by atomic mass is 10.1. The van der Waals surface area contributed by atoms with Gasteiger partial charge in [-0.2, -0.15) is 0 Å². The number of hydrogen-bond donors (Lipinski definition) is 0. The summed E-state index contributed by atoms with van der Waals surface area (Å²) < 4.78 is 11.3. The third-order valence-corrected chi connectivity index (χ3v) is 2.85. The van der Waals surface area contributed by atoms with Crippen LogP contribution in [0.2, 0.25) is 0 Å². The van der Waals surface area contributed by atoms with Gasteiger partial charge in [-0.1, -0.05) is 13.8 Å². The minimum absolute atomic E-state index is 0.221. The van der Waals surface area contributed by atoms with E-state index in [0.717, 1.165) is 13.0 Å². The Morgan fingerprint density at radius 3 is 2.50 bits per heavy atom. The number of nitrogens with zero attached hydrogens (tertiary/aromatic N) is 1. The van der Waals surface area contributed by atoms with Gasteiger partial charge in [-0.05, 0) is 40.0 Å². The molecule has 0 bridgehead atoms. The van der Waals surface area contributed by atoms with Gasteiger partial charge in [0.1, 0.15) is 5.60 Å². The molecule has 18 heavy (non-hydrogen) atoms. The molecule has 4 nitrogen and oxygen atoms in total. The molecule has 1 aliphatic heterocycles. The molecule has 4 heteroatoms. The molecule has 0 aromatic carbocycles. The number of likely N-dealkylation sites (tertiary alicyclic amines) is 1. The number of hydrogen-bond acceptors (Lipinski definition) is 3. The summed E-state index contributed by atoms with van der Waals surface area (Å²) in [5.74, 6) is 0.511. The van der Waals surface area contributed by atoms with E-state index >= 15 is 0 Å². The SMILES string of the molecule is CC(C)COC1(C)CCN(C(=O)OC(C)(C)C)C1. The van der Waals surface area contributed by atoms with E-state index < -0.39 is 5.60 Å². The molecule has 0 N–H and O–H groups in total. The minimum atomic E-state index is -0.436. The second kappa shape index (κ2) is 5.47. The lowest BCUT2D eigenvalue weighted by molar-refractivity contribution is -0.0382. The van der Waals surface area contributed by atoms with Crippen LogP contribution in [-0.2, 0) is 9.47 Å². The zero-order chi connectivity index (χ0) is 14.0. The van der Waals surface area contributed by atoms with E-state index in [1.54, 1.807) is 4.90 Å². The van der Waals surface area contributed by atoms with Crippen molar-refractivity contribution in [3.63, 3.8) is 0 Å². The van der Waals surface area contributed by atoms with Crippen LogP contribution in [0.3, 0.4) is 0 Å². The van der Waals surface area contributed by atoms with Crippen LogP contribution in [0.15, 0.2) is 0 Å². The van der Waals surface area contributed by atoms with Gasteiger partial charge in [0.05, 0.1) is 12.1 Å². The average Bonchev–Trinajstić information content (AvgIpc) is 2.56. The number of amides is 1. The van der Waals surface area contributed by atoms with E-state index in [0.29, 0.717) is 19.0 Å². The normalized spacial score (nSPS) is 24.7. The van der Waals surface area contributed by atoms with Crippen LogP contribution >= 0.6 is 0 Å². The monoisotopic (exact) mass is 257 g/mol. The Labute approximate surface area is 111 Å². The Hall–Kier alpha value is -0.770. The Balaban J connectivity index is 2.47. The van der Waals surface area contributed by atoms with Crippen molar-refractivity contribution in [1.82, 2.24) is 4.90 Å². The molecule has 0 aromatic heterocycles. The molecular weight excluding hydrogens is 230 g/mol. The van der Waals surface area contributed by atoms with E-state index in [2.05, 4.69) is 20.8 Å². The molecule has 106 valence electrons. The summed E-state index contributed by atoms with van der Waals surface area (Å²) in [6, 6.07) is 0. The maximum atomic E-state index is 11.9. The summed E-state index contributed by atoms with van der Waals surface area (Å²) in [7, 11) is 0. The molecule has 1 amide bonds. The van der Waals surface area contributed by atoms with E-state index in [1.807, 2.05) is 20.8 Å².